The highest BCUT2D eigenvalue weighted by Crippen LogP contribution is 2.29. The molecule has 0 aromatic carbocycles. The number of hydrogen-bond donors (Lipinski definition) is 1. The quantitative estimate of drug-likeness (QED) is 0.868. The summed E-state index contributed by atoms with van der Waals surface area (Å²) in [6.45, 7) is 4.41. The first-order valence-electron chi connectivity index (χ1n) is 6.45. The topological polar surface area (TPSA) is 34.1 Å². The van der Waals surface area contributed by atoms with Crippen LogP contribution < -0.4 is 5.32 Å². The molecule has 0 saturated carbocycles. The average Bonchev–Trinajstić information content (AvgIpc) is 2.78. The van der Waals surface area contributed by atoms with Crippen molar-refractivity contribution in [3.05, 3.63) is 30.1 Å². The van der Waals surface area contributed by atoms with Crippen LogP contribution in [0.15, 0.2) is 24.5 Å². The lowest BCUT2D eigenvalue weighted by Gasteiger charge is -2.29. The van der Waals surface area contributed by atoms with E-state index >= 15 is 0 Å². The van der Waals surface area contributed by atoms with Crippen LogP contribution in [0.5, 0.6) is 0 Å². The number of aromatic nitrogens is 1. The number of nitrogens with zero attached hydrogens (tertiary/aromatic N) is 1. The summed E-state index contributed by atoms with van der Waals surface area (Å²) in [5.74, 6) is 0.443. The summed E-state index contributed by atoms with van der Waals surface area (Å²) in [7, 11) is 2.02. The molecule has 0 bridgehead atoms. The molecular formula is C14H22N2O. The number of pyridine rings is 1. The molecule has 0 radical (unpaired) electrons. The predicted octanol–water partition coefficient (Wildman–Crippen LogP) is 2.34. The van der Waals surface area contributed by atoms with Gasteiger partial charge in [0.1, 0.15) is 0 Å². The molecule has 3 heteroatoms. The summed E-state index contributed by atoms with van der Waals surface area (Å²) < 4.78 is 5.98. The van der Waals surface area contributed by atoms with Crippen molar-refractivity contribution in [2.75, 3.05) is 7.05 Å². The maximum atomic E-state index is 5.98. The van der Waals surface area contributed by atoms with E-state index in [9.17, 15) is 0 Å². The van der Waals surface area contributed by atoms with Gasteiger partial charge < -0.3 is 10.1 Å². The molecule has 0 amide bonds. The second-order valence-corrected chi connectivity index (χ2v) is 4.95. The molecule has 1 aliphatic heterocycles. The molecule has 1 aliphatic rings. The van der Waals surface area contributed by atoms with E-state index in [-0.39, 0.29) is 0 Å². The number of hydrogen-bond acceptors (Lipinski definition) is 3. The Hall–Kier alpha value is -0.930. The zero-order chi connectivity index (χ0) is 12.3. The van der Waals surface area contributed by atoms with Gasteiger partial charge in [0.15, 0.2) is 0 Å². The van der Waals surface area contributed by atoms with Gasteiger partial charge in [-0.3, -0.25) is 4.98 Å². The third-order valence-electron chi connectivity index (χ3n) is 3.77. The largest absolute Gasteiger partial charge is 0.374 e. The van der Waals surface area contributed by atoms with Crippen LogP contribution in [-0.2, 0) is 4.74 Å². The Morgan fingerprint density at radius 3 is 2.59 bits per heavy atom. The van der Waals surface area contributed by atoms with Crippen LogP contribution in [0.4, 0.5) is 0 Å². The highest BCUT2D eigenvalue weighted by Gasteiger charge is 2.32. The van der Waals surface area contributed by atoms with Crippen molar-refractivity contribution in [1.29, 1.82) is 0 Å². The molecule has 0 spiro atoms. The van der Waals surface area contributed by atoms with E-state index in [4.69, 9.17) is 4.74 Å². The van der Waals surface area contributed by atoms with Crippen LogP contribution in [0.25, 0.3) is 0 Å². The van der Waals surface area contributed by atoms with Crippen molar-refractivity contribution in [3.8, 4) is 0 Å². The molecule has 1 aromatic heterocycles. The molecular weight excluding hydrogens is 212 g/mol. The molecule has 4 unspecified atom stereocenters. The second-order valence-electron chi connectivity index (χ2n) is 4.95. The highest BCUT2D eigenvalue weighted by molar-refractivity contribution is 5.18. The van der Waals surface area contributed by atoms with Crippen LogP contribution >= 0.6 is 0 Å². The fraction of sp³-hybridized carbons (Fsp3) is 0.643. The van der Waals surface area contributed by atoms with Gasteiger partial charge in [0.2, 0.25) is 0 Å². The minimum Gasteiger partial charge on any atom is -0.374 e. The number of rotatable bonds is 4. The van der Waals surface area contributed by atoms with Crippen LogP contribution in [0.2, 0.25) is 0 Å². The normalized spacial score (nSPS) is 27.9. The van der Waals surface area contributed by atoms with Crippen LogP contribution in [0.3, 0.4) is 0 Å². The molecule has 1 saturated heterocycles. The Morgan fingerprint density at radius 1 is 1.35 bits per heavy atom. The van der Waals surface area contributed by atoms with Crippen molar-refractivity contribution >= 4 is 0 Å². The standard InChI is InChI=1S/C14H22N2O/c1-10-4-5-13(17-10)14(15-3)11(2)12-6-8-16-9-7-12/h6-11,13-15H,4-5H2,1-3H3. The van der Waals surface area contributed by atoms with Crippen LogP contribution in [0.1, 0.15) is 38.2 Å². The van der Waals surface area contributed by atoms with Crippen LogP contribution in [0, 0.1) is 0 Å². The van der Waals surface area contributed by atoms with E-state index in [0.717, 1.165) is 6.42 Å². The Balaban J connectivity index is 2.08. The average molecular weight is 234 g/mol. The van der Waals surface area contributed by atoms with Gasteiger partial charge >= 0.3 is 0 Å². The predicted molar refractivity (Wildman–Crippen MR) is 69.1 cm³/mol. The van der Waals surface area contributed by atoms with E-state index in [2.05, 4.69) is 36.3 Å². The van der Waals surface area contributed by atoms with Crippen molar-refractivity contribution in [1.82, 2.24) is 10.3 Å². The molecule has 1 fully saturated rings. The highest BCUT2D eigenvalue weighted by atomic mass is 16.5. The van der Waals surface area contributed by atoms with Gasteiger partial charge in [-0.1, -0.05) is 6.92 Å². The van der Waals surface area contributed by atoms with E-state index in [0.29, 0.717) is 24.2 Å². The molecule has 2 rings (SSSR count). The van der Waals surface area contributed by atoms with Gasteiger partial charge in [-0.25, -0.2) is 0 Å². The molecule has 2 heterocycles. The molecule has 0 aliphatic carbocycles. The SMILES string of the molecule is CNC(C1CCC(C)O1)C(C)c1ccncc1. The zero-order valence-electron chi connectivity index (χ0n) is 10.9. The Kier molecular flexibility index (Phi) is 4.13. The van der Waals surface area contributed by atoms with Crippen molar-refractivity contribution in [3.63, 3.8) is 0 Å². The number of ether oxygens (including phenoxy) is 1. The monoisotopic (exact) mass is 234 g/mol. The third kappa shape index (κ3) is 2.85. The van der Waals surface area contributed by atoms with Crippen LogP contribution in [-0.4, -0.2) is 30.3 Å². The lowest BCUT2D eigenvalue weighted by molar-refractivity contribution is 0.0286. The minimum atomic E-state index is 0.332. The van der Waals surface area contributed by atoms with Gasteiger partial charge in [0.05, 0.1) is 12.2 Å². The van der Waals surface area contributed by atoms with Gasteiger partial charge in [0.25, 0.3) is 0 Å². The Labute approximate surface area is 104 Å². The summed E-state index contributed by atoms with van der Waals surface area (Å²) in [4.78, 5) is 4.07. The summed E-state index contributed by atoms with van der Waals surface area (Å²) in [5, 5.41) is 3.42. The van der Waals surface area contributed by atoms with Gasteiger partial charge in [0, 0.05) is 18.4 Å². The first-order valence-corrected chi connectivity index (χ1v) is 6.45. The smallest absolute Gasteiger partial charge is 0.0738 e. The van der Waals surface area contributed by atoms with E-state index < -0.39 is 0 Å². The molecule has 4 atom stereocenters. The second kappa shape index (κ2) is 5.61. The Morgan fingerprint density at radius 2 is 2.06 bits per heavy atom. The molecule has 17 heavy (non-hydrogen) atoms. The zero-order valence-corrected chi connectivity index (χ0v) is 10.9. The molecule has 94 valence electrons. The van der Waals surface area contributed by atoms with Crippen molar-refractivity contribution in [2.24, 2.45) is 0 Å². The van der Waals surface area contributed by atoms with Gasteiger partial charge in [-0.2, -0.15) is 0 Å². The summed E-state index contributed by atoms with van der Waals surface area (Å²) in [6, 6.07) is 4.56. The lowest BCUT2D eigenvalue weighted by Crippen LogP contribution is -2.41. The molecule has 1 N–H and O–H groups in total. The minimum absolute atomic E-state index is 0.332. The van der Waals surface area contributed by atoms with Gasteiger partial charge in [-0.05, 0) is 50.4 Å². The number of likely N-dealkylation sites (N-methyl/N-ethyl adjacent to an activating group) is 1. The first kappa shape index (κ1) is 12.5. The summed E-state index contributed by atoms with van der Waals surface area (Å²) in [5.41, 5.74) is 1.32. The molecule has 1 aromatic rings. The van der Waals surface area contributed by atoms with Crippen molar-refractivity contribution < 1.29 is 4.74 Å². The molecule has 3 nitrogen and oxygen atoms in total. The van der Waals surface area contributed by atoms with E-state index in [1.165, 1.54) is 12.0 Å². The van der Waals surface area contributed by atoms with E-state index in [1.807, 2.05) is 19.4 Å². The van der Waals surface area contributed by atoms with Gasteiger partial charge in [-0.15, -0.1) is 0 Å². The third-order valence-corrected chi connectivity index (χ3v) is 3.77. The fourth-order valence-corrected chi connectivity index (χ4v) is 2.73. The fourth-order valence-electron chi connectivity index (χ4n) is 2.73. The van der Waals surface area contributed by atoms with E-state index in [1.54, 1.807) is 0 Å². The summed E-state index contributed by atoms with van der Waals surface area (Å²) >= 11 is 0. The number of nitrogens with one attached hydrogen (secondary N) is 1. The lowest BCUT2D eigenvalue weighted by atomic mass is 9.89. The first-order chi connectivity index (χ1) is 8.22. The van der Waals surface area contributed by atoms with Crippen molar-refractivity contribution in [2.45, 2.75) is 50.9 Å². The maximum Gasteiger partial charge on any atom is 0.0738 e. The Bertz CT molecular complexity index is 341. The maximum absolute atomic E-state index is 5.98. The summed E-state index contributed by atoms with van der Waals surface area (Å²) in [6.07, 6.45) is 6.78.